The van der Waals surface area contributed by atoms with Gasteiger partial charge in [0.2, 0.25) is 5.91 Å². The summed E-state index contributed by atoms with van der Waals surface area (Å²) in [6.07, 6.45) is 7.77. The highest BCUT2D eigenvalue weighted by molar-refractivity contribution is 7.11. The number of aromatic amines is 1. The summed E-state index contributed by atoms with van der Waals surface area (Å²) in [6, 6.07) is 0. The second kappa shape index (κ2) is 7.42. The molecule has 2 aromatic heterocycles. The average molecular weight is 388 g/mol. The number of H-pyrrole nitrogens is 1. The van der Waals surface area contributed by atoms with Crippen molar-refractivity contribution in [3.63, 3.8) is 0 Å². The maximum Gasteiger partial charge on any atom is 0.265 e. The van der Waals surface area contributed by atoms with Gasteiger partial charge in [0.25, 0.3) is 5.91 Å². The Morgan fingerprint density at radius 2 is 2.15 bits per heavy atom. The van der Waals surface area contributed by atoms with Crippen LogP contribution >= 0.6 is 11.3 Å². The van der Waals surface area contributed by atoms with E-state index in [1.165, 1.54) is 11.3 Å². The fourth-order valence-corrected chi connectivity index (χ4v) is 5.00. The number of aromatic nitrogens is 3. The number of hydrogen-bond donors (Lipinski definition) is 1. The van der Waals surface area contributed by atoms with Crippen molar-refractivity contribution in [1.82, 2.24) is 24.8 Å². The molecular formula is C19H25N5O2S. The maximum atomic E-state index is 12.7. The lowest BCUT2D eigenvalue weighted by molar-refractivity contribution is -0.138. The third-order valence-electron chi connectivity index (χ3n) is 6.01. The average Bonchev–Trinajstić information content (AvgIpc) is 3.34. The highest BCUT2D eigenvalue weighted by Gasteiger charge is 2.41. The van der Waals surface area contributed by atoms with Crippen LogP contribution in [0.15, 0.2) is 18.0 Å². The number of likely N-dealkylation sites (tertiary alicyclic amines) is 2. The molecule has 0 bridgehead atoms. The summed E-state index contributed by atoms with van der Waals surface area (Å²) in [5, 5.41) is 0. The van der Waals surface area contributed by atoms with Crippen molar-refractivity contribution in [3.8, 4) is 0 Å². The molecule has 4 rings (SSSR count). The van der Waals surface area contributed by atoms with Crippen molar-refractivity contribution >= 4 is 23.2 Å². The number of rotatable bonds is 4. The van der Waals surface area contributed by atoms with Crippen LogP contribution in [0.3, 0.4) is 0 Å². The van der Waals surface area contributed by atoms with Gasteiger partial charge in [0.05, 0.1) is 17.5 Å². The number of imidazole rings is 1. The summed E-state index contributed by atoms with van der Waals surface area (Å²) in [4.78, 5) is 41.2. The number of piperidine rings is 2. The van der Waals surface area contributed by atoms with Crippen molar-refractivity contribution in [2.45, 2.75) is 39.0 Å². The van der Waals surface area contributed by atoms with Crippen molar-refractivity contribution in [3.05, 3.63) is 34.3 Å². The molecule has 2 amide bonds. The van der Waals surface area contributed by atoms with Crippen LogP contribution in [0.1, 0.15) is 46.7 Å². The van der Waals surface area contributed by atoms with Crippen molar-refractivity contribution in [2.75, 3.05) is 26.2 Å². The third-order valence-corrected chi connectivity index (χ3v) is 6.92. The highest BCUT2D eigenvalue weighted by atomic mass is 32.1. The van der Waals surface area contributed by atoms with Crippen LogP contribution in [-0.4, -0.2) is 62.7 Å². The normalized spacial score (nSPS) is 19.7. The number of carbonyl (C=O) groups excluding carboxylic acids is 2. The zero-order valence-electron chi connectivity index (χ0n) is 15.6. The van der Waals surface area contributed by atoms with E-state index in [0.717, 1.165) is 68.1 Å². The Bertz CT molecular complexity index is 808. The molecule has 0 atom stereocenters. The first-order valence-corrected chi connectivity index (χ1v) is 10.4. The monoisotopic (exact) mass is 387 g/mol. The summed E-state index contributed by atoms with van der Waals surface area (Å²) in [7, 11) is 0. The third kappa shape index (κ3) is 3.76. The lowest BCUT2D eigenvalue weighted by Gasteiger charge is -2.47. The van der Waals surface area contributed by atoms with Crippen LogP contribution in [0.5, 0.6) is 0 Å². The van der Waals surface area contributed by atoms with Gasteiger partial charge in [-0.1, -0.05) is 0 Å². The first-order valence-electron chi connectivity index (χ1n) is 9.51. The molecule has 4 heterocycles. The lowest BCUT2D eigenvalue weighted by atomic mass is 9.72. The molecule has 2 saturated heterocycles. The van der Waals surface area contributed by atoms with E-state index < -0.39 is 0 Å². The van der Waals surface area contributed by atoms with Crippen molar-refractivity contribution < 1.29 is 9.59 Å². The Morgan fingerprint density at radius 1 is 1.33 bits per heavy atom. The zero-order valence-corrected chi connectivity index (χ0v) is 16.4. The molecule has 7 nitrogen and oxygen atoms in total. The Labute approximate surface area is 162 Å². The van der Waals surface area contributed by atoms with Crippen LogP contribution in [0, 0.1) is 12.3 Å². The summed E-state index contributed by atoms with van der Waals surface area (Å²) in [6.45, 7) is 4.95. The van der Waals surface area contributed by atoms with Gasteiger partial charge in [-0.25, -0.2) is 9.97 Å². The van der Waals surface area contributed by atoms with E-state index in [-0.39, 0.29) is 17.2 Å². The minimum atomic E-state index is 0.104. The van der Waals surface area contributed by atoms with Gasteiger partial charge in [-0.3, -0.25) is 9.59 Å². The highest BCUT2D eigenvalue weighted by Crippen LogP contribution is 2.40. The Kier molecular flexibility index (Phi) is 4.99. The quantitative estimate of drug-likeness (QED) is 0.872. The van der Waals surface area contributed by atoms with Crippen molar-refractivity contribution in [1.29, 1.82) is 0 Å². The predicted octanol–water partition coefficient (Wildman–Crippen LogP) is 2.26. The van der Waals surface area contributed by atoms with Crippen molar-refractivity contribution in [2.24, 2.45) is 5.41 Å². The standard InChI is InChI=1S/C19H25N5O2S/c1-14-17(27-13-22-14)18(26)23-8-5-19(6-9-23)4-2-16(25)24(11-19)7-3-15-10-20-12-21-15/h10,12-13H,2-9,11H2,1H3,(H,20,21). The molecule has 0 saturated carbocycles. The molecule has 2 aliphatic rings. The minimum absolute atomic E-state index is 0.104. The van der Waals surface area contributed by atoms with Crippen LogP contribution in [-0.2, 0) is 11.2 Å². The SMILES string of the molecule is Cc1ncsc1C(=O)N1CCC2(CCC(=O)N(CCc3cnc[nH]3)C2)CC1. The minimum Gasteiger partial charge on any atom is -0.348 e. The van der Waals surface area contributed by atoms with E-state index in [0.29, 0.717) is 6.42 Å². The zero-order chi connectivity index (χ0) is 18.9. The van der Waals surface area contributed by atoms with Gasteiger partial charge in [-0.05, 0) is 31.6 Å². The van der Waals surface area contributed by atoms with E-state index in [1.54, 1.807) is 11.8 Å². The van der Waals surface area contributed by atoms with Gasteiger partial charge >= 0.3 is 0 Å². The van der Waals surface area contributed by atoms with Crippen LogP contribution in [0.2, 0.25) is 0 Å². The van der Waals surface area contributed by atoms with Crippen LogP contribution in [0.4, 0.5) is 0 Å². The maximum absolute atomic E-state index is 12.7. The van der Waals surface area contributed by atoms with Crippen LogP contribution in [0.25, 0.3) is 0 Å². The lowest BCUT2D eigenvalue weighted by Crippen LogP contribution is -2.52. The molecule has 1 N–H and O–H groups in total. The van der Waals surface area contributed by atoms with Gasteiger partial charge in [0.1, 0.15) is 4.88 Å². The molecule has 2 aromatic rings. The predicted molar refractivity (Wildman–Crippen MR) is 103 cm³/mol. The molecule has 0 aromatic carbocycles. The fourth-order valence-electron chi connectivity index (χ4n) is 4.23. The topological polar surface area (TPSA) is 82.2 Å². The van der Waals surface area contributed by atoms with Gasteiger partial charge in [-0.15, -0.1) is 11.3 Å². The van der Waals surface area contributed by atoms with Gasteiger partial charge in [0, 0.05) is 50.9 Å². The summed E-state index contributed by atoms with van der Waals surface area (Å²) >= 11 is 1.42. The molecule has 2 aliphatic heterocycles. The van der Waals surface area contributed by atoms with Crippen LogP contribution < -0.4 is 0 Å². The van der Waals surface area contributed by atoms with Gasteiger partial charge in [-0.2, -0.15) is 0 Å². The fraction of sp³-hybridized carbons (Fsp3) is 0.579. The molecular weight excluding hydrogens is 362 g/mol. The van der Waals surface area contributed by atoms with E-state index in [4.69, 9.17) is 0 Å². The van der Waals surface area contributed by atoms with E-state index in [9.17, 15) is 9.59 Å². The Balaban J connectivity index is 1.36. The number of hydrogen-bond acceptors (Lipinski definition) is 5. The summed E-state index contributed by atoms with van der Waals surface area (Å²) in [5.41, 5.74) is 3.76. The van der Waals surface area contributed by atoms with Gasteiger partial charge < -0.3 is 14.8 Å². The number of thiazole rings is 1. The Morgan fingerprint density at radius 3 is 2.81 bits per heavy atom. The number of nitrogens with one attached hydrogen (secondary N) is 1. The molecule has 8 heteroatoms. The van der Waals surface area contributed by atoms with E-state index >= 15 is 0 Å². The molecule has 27 heavy (non-hydrogen) atoms. The molecule has 0 unspecified atom stereocenters. The number of carbonyl (C=O) groups is 2. The second-order valence-corrected chi connectivity index (χ2v) is 8.56. The first kappa shape index (κ1) is 18.2. The van der Waals surface area contributed by atoms with E-state index in [1.807, 2.05) is 22.9 Å². The summed E-state index contributed by atoms with van der Waals surface area (Å²) in [5.74, 6) is 0.353. The number of amides is 2. The molecule has 0 aliphatic carbocycles. The van der Waals surface area contributed by atoms with Gasteiger partial charge in [0.15, 0.2) is 0 Å². The molecule has 0 radical (unpaired) electrons. The van der Waals surface area contributed by atoms with E-state index in [2.05, 4.69) is 15.0 Å². The molecule has 2 fully saturated rings. The Hall–Kier alpha value is -2.22. The first-order chi connectivity index (χ1) is 13.1. The molecule has 1 spiro atoms. The number of aryl methyl sites for hydroxylation is 1. The number of nitrogens with zero attached hydrogens (tertiary/aromatic N) is 4. The second-order valence-electron chi connectivity index (χ2n) is 7.70. The largest absolute Gasteiger partial charge is 0.348 e. The smallest absolute Gasteiger partial charge is 0.265 e. The molecule has 144 valence electrons. The summed E-state index contributed by atoms with van der Waals surface area (Å²) < 4.78 is 0.